The van der Waals surface area contributed by atoms with Gasteiger partial charge in [0, 0.05) is 48.0 Å². The van der Waals surface area contributed by atoms with Crippen LogP contribution in [-0.2, 0) is 25.7 Å². The molecule has 0 unspecified atom stereocenters. The Kier molecular flexibility index (Phi) is 14.7. The van der Waals surface area contributed by atoms with E-state index in [4.69, 9.17) is 25.8 Å². The Balaban J connectivity index is 0.825. The molecule has 356 valence electrons. The van der Waals surface area contributed by atoms with Gasteiger partial charge in [0.15, 0.2) is 0 Å². The molecule has 2 saturated carbocycles. The van der Waals surface area contributed by atoms with Gasteiger partial charge in [0.25, 0.3) is 5.91 Å². The third-order valence-corrected chi connectivity index (χ3v) is 14.6. The zero-order valence-electron chi connectivity index (χ0n) is 39.4. The average Bonchev–Trinajstić information content (AvgIpc) is 3.89. The van der Waals surface area contributed by atoms with E-state index in [0.29, 0.717) is 34.3 Å². The number of nitrogens with zero attached hydrogens (tertiary/aromatic N) is 3. The van der Waals surface area contributed by atoms with E-state index in [-0.39, 0.29) is 62.1 Å². The standard InChI is InChI=1S/C51H61ClN6O8S/c1-29-42(67-28-55-29)32-11-9-30(10-12-32)24-54-45(62)40-21-35(59)25-58(40)46(63)43(49(2,3)4)56-41(60)27-64-26-31-19-38(20-31)65-36-16-13-33(14-17-36)44(61)57-47-50(5,6)48(51(47,7)8)66-37-18-15-34(23-53)39(52)22-37/h9-18,22,28,31,35,38,40,43,47-48,59H,19-21,24-27H2,1-8H3,(H,54,62)(H,56,60)(H,57,61)/t31-,35-,38-,40+,43-,47-,48-/m1/s1. The fraction of sp³-hybridized carbons (Fsp3) is 0.490. The number of hydrogen-bond acceptors (Lipinski definition) is 11. The first kappa shape index (κ1) is 49.4. The first-order chi connectivity index (χ1) is 31.6. The van der Waals surface area contributed by atoms with Crippen LogP contribution < -0.4 is 25.4 Å². The summed E-state index contributed by atoms with van der Waals surface area (Å²) in [7, 11) is 0. The van der Waals surface area contributed by atoms with Crippen LogP contribution >= 0.6 is 22.9 Å². The van der Waals surface area contributed by atoms with Gasteiger partial charge in [0.2, 0.25) is 17.7 Å². The summed E-state index contributed by atoms with van der Waals surface area (Å²) in [4.78, 5) is 60.9. The molecule has 0 spiro atoms. The number of carbonyl (C=O) groups is 4. The van der Waals surface area contributed by atoms with Crippen molar-refractivity contribution in [2.75, 3.05) is 19.8 Å². The molecule has 3 fully saturated rings. The number of thiazole rings is 1. The second kappa shape index (κ2) is 20.0. The highest BCUT2D eigenvalue weighted by Gasteiger charge is 2.64. The largest absolute Gasteiger partial charge is 0.490 e. The lowest BCUT2D eigenvalue weighted by Crippen LogP contribution is -2.74. The molecule has 1 aromatic heterocycles. The number of ether oxygens (including phenoxy) is 3. The van der Waals surface area contributed by atoms with Crippen molar-refractivity contribution in [2.24, 2.45) is 22.2 Å². The highest BCUT2D eigenvalue weighted by atomic mass is 35.5. The summed E-state index contributed by atoms with van der Waals surface area (Å²) in [5.74, 6) is -0.0506. The first-order valence-electron chi connectivity index (χ1n) is 22.7. The van der Waals surface area contributed by atoms with E-state index < -0.39 is 46.2 Å². The Labute approximate surface area is 401 Å². The van der Waals surface area contributed by atoms with E-state index in [0.717, 1.165) is 34.5 Å². The molecule has 4 aromatic rings. The Morgan fingerprint density at radius 3 is 2.25 bits per heavy atom. The molecule has 0 radical (unpaired) electrons. The normalized spacial score (nSPS) is 23.1. The summed E-state index contributed by atoms with van der Waals surface area (Å²) in [6.07, 6.45) is 0.429. The molecule has 1 saturated heterocycles. The smallest absolute Gasteiger partial charge is 0.251 e. The minimum absolute atomic E-state index is 0.0162. The van der Waals surface area contributed by atoms with Crippen molar-refractivity contribution in [3.8, 4) is 28.0 Å². The number of aromatic nitrogens is 1. The monoisotopic (exact) mass is 952 g/mol. The van der Waals surface area contributed by atoms with Crippen molar-refractivity contribution in [2.45, 2.75) is 118 Å². The third kappa shape index (κ3) is 11.1. The molecular formula is C51H61ClN6O8S. The topological polar surface area (TPSA) is 192 Å². The number of hydrogen-bond donors (Lipinski definition) is 4. The molecular weight excluding hydrogens is 892 g/mol. The summed E-state index contributed by atoms with van der Waals surface area (Å²) in [6.45, 7) is 16.1. The number of β-amino-alcohol motifs (C(OH)–C–C–N with tert-alkyl or cyclic N) is 1. The van der Waals surface area contributed by atoms with Gasteiger partial charge < -0.3 is 40.2 Å². The van der Waals surface area contributed by atoms with Crippen molar-refractivity contribution in [1.29, 1.82) is 5.26 Å². The minimum atomic E-state index is -0.962. The Hall–Kier alpha value is -5.53. The van der Waals surface area contributed by atoms with Gasteiger partial charge in [0.05, 0.1) is 45.5 Å². The number of amides is 4. The lowest BCUT2D eigenvalue weighted by molar-refractivity contribution is -0.164. The minimum Gasteiger partial charge on any atom is -0.490 e. The zero-order chi connectivity index (χ0) is 48.4. The van der Waals surface area contributed by atoms with Gasteiger partial charge >= 0.3 is 0 Å². The molecule has 2 heterocycles. The van der Waals surface area contributed by atoms with Crippen LogP contribution in [0.5, 0.6) is 11.5 Å². The molecule has 3 aliphatic rings. The van der Waals surface area contributed by atoms with Gasteiger partial charge in [-0.1, -0.05) is 84.3 Å². The number of aliphatic hydroxyl groups excluding tert-OH is 1. The zero-order valence-corrected chi connectivity index (χ0v) is 40.9. The summed E-state index contributed by atoms with van der Waals surface area (Å²) >= 11 is 7.81. The van der Waals surface area contributed by atoms with Crippen molar-refractivity contribution in [1.82, 2.24) is 25.8 Å². The Morgan fingerprint density at radius 2 is 1.64 bits per heavy atom. The SMILES string of the molecule is Cc1ncsc1-c1ccc(CNC(=O)[C@@H]2C[C@@H](O)CN2C(=O)[C@@H](NC(=O)COC[C@H]2C[C@H](Oc3ccc(C(=O)N[C@H]4C(C)(C)[C@H](Oc5ccc(C#N)c(Cl)c5)C4(C)C)cc3)C2)C(C)(C)C)cc1. The van der Waals surface area contributed by atoms with Crippen LogP contribution in [0.4, 0.5) is 0 Å². The molecule has 14 nitrogen and oxygen atoms in total. The summed E-state index contributed by atoms with van der Waals surface area (Å²) in [5.41, 5.74) is 4.11. The van der Waals surface area contributed by atoms with Gasteiger partial charge in [0.1, 0.15) is 42.4 Å². The predicted molar refractivity (Wildman–Crippen MR) is 255 cm³/mol. The van der Waals surface area contributed by atoms with Crippen LogP contribution in [0, 0.1) is 40.4 Å². The van der Waals surface area contributed by atoms with Crippen molar-refractivity contribution in [3.05, 3.63) is 99.6 Å². The van der Waals surface area contributed by atoms with E-state index in [1.807, 2.05) is 57.5 Å². The van der Waals surface area contributed by atoms with Crippen LogP contribution in [0.2, 0.25) is 5.02 Å². The van der Waals surface area contributed by atoms with Gasteiger partial charge in [-0.25, -0.2) is 4.98 Å². The lowest BCUT2D eigenvalue weighted by atomic mass is 9.49. The highest BCUT2D eigenvalue weighted by molar-refractivity contribution is 7.13. The van der Waals surface area contributed by atoms with Gasteiger partial charge in [-0.3, -0.25) is 19.2 Å². The summed E-state index contributed by atoms with van der Waals surface area (Å²) in [5, 5.41) is 29.1. The van der Waals surface area contributed by atoms with E-state index in [1.54, 1.807) is 53.8 Å². The van der Waals surface area contributed by atoms with E-state index in [1.165, 1.54) is 4.90 Å². The van der Waals surface area contributed by atoms with E-state index >= 15 is 0 Å². The fourth-order valence-corrected chi connectivity index (χ4v) is 10.9. The molecule has 1 aliphatic heterocycles. The number of rotatable bonds is 16. The fourth-order valence-electron chi connectivity index (χ4n) is 9.90. The van der Waals surface area contributed by atoms with E-state index in [2.05, 4.69) is 54.7 Å². The highest BCUT2D eigenvalue weighted by Crippen LogP contribution is 2.55. The predicted octanol–water partition coefficient (Wildman–Crippen LogP) is 7.24. The quantitative estimate of drug-likeness (QED) is 0.0891. The second-order valence-corrected chi connectivity index (χ2v) is 21.6. The molecule has 67 heavy (non-hydrogen) atoms. The summed E-state index contributed by atoms with van der Waals surface area (Å²) < 4.78 is 18.3. The lowest BCUT2D eigenvalue weighted by Gasteiger charge is -2.63. The number of halogens is 1. The Morgan fingerprint density at radius 1 is 0.970 bits per heavy atom. The number of aliphatic hydroxyl groups is 1. The van der Waals surface area contributed by atoms with Crippen LogP contribution in [0.1, 0.15) is 94.9 Å². The number of nitriles is 1. The molecule has 4 N–H and O–H groups in total. The molecule has 16 heteroatoms. The average molecular weight is 954 g/mol. The van der Waals surface area contributed by atoms with E-state index in [9.17, 15) is 29.5 Å². The van der Waals surface area contributed by atoms with Crippen LogP contribution in [0.3, 0.4) is 0 Å². The number of carbonyl (C=O) groups excluding carboxylic acids is 4. The van der Waals surface area contributed by atoms with Crippen LogP contribution in [0.25, 0.3) is 10.4 Å². The van der Waals surface area contributed by atoms with Crippen LogP contribution in [-0.4, -0.2) is 94.8 Å². The molecule has 3 atom stereocenters. The van der Waals surface area contributed by atoms with Gasteiger partial charge in [-0.15, -0.1) is 11.3 Å². The maximum absolute atomic E-state index is 14.0. The third-order valence-electron chi connectivity index (χ3n) is 13.3. The molecule has 7 rings (SSSR count). The maximum atomic E-state index is 14.0. The number of aryl methyl sites for hydroxylation is 1. The molecule has 0 bridgehead atoms. The van der Waals surface area contributed by atoms with Crippen LogP contribution in [0.15, 0.2) is 72.2 Å². The number of benzene rings is 3. The van der Waals surface area contributed by atoms with Crippen molar-refractivity contribution in [3.63, 3.8) is 0 Å². The first-order valence-corrected chi connectivity index (χ1v) is 24.0. The summed E-state index contributed by atoms with van der Waals surface area (Å²) in [6, 6.07) is 20.0. The molecule has 3 aromatic carbocycles. The number of nitrogens with one attached hydrogen (secondary N) is 3. The van der Waals surface area contributed by atoms with Crippen molar-refractivity contribution >= 4 is 46.6 Å². The second-order valence-electron chi connectivity index (χ2n) is 20.4. The van der Waals surface area contributed by atoms with Gasteiger partial charge in [-0.2, -0.15) is 5.26 Å². The Bertz CT molecular complexity index is 2480. The van der Waals surface area contributed by atoms with Gasteiger partial charge in [-0.05, 0) is 78.6 Å². The number of likely N-dealkylation sites (tertiary alicyclic amines) is 1. The molecule has 2 aliphatic carbocycles. The maximum Gasteiger partial charge on any atom is 0.251 e. The molecule has 4 amide bonds. The van der Waals surface area contributed by atoms with Crippen molar-refractivity contribution < 1.29 is 38.5 Å².